The van der Waals surface area contributed by atoms with Crippen LogP contribution in [0.15, 0.2) is 36.7 Å². The number of aliphatic hydroxyl groups excluding tert-OH is 1. The van der Waals surface area contributed by atoms with Gasteiger partial charge in [0.1, 0.15) is 11.4 Å². The molecule has 32 heavy (non-hydrogen) atoms. The highest BCUT2D eigenvalue weighted by atomic mass is 16.5. The number of imidazole rings is 1. The van der Waals surface area contributed by atoms with Crippen molar-refractivity contribution in [1.29, 1.82) is 0 Å². The summed E-state index contributed by atoms with van der Waals surface area (Å²) in [5, 5.41) is 17.7. The van der Waals surface area contributed by atoms with Gasteiger partial charge in [0.25, 0.3) is 12.4 Å². The third kappa shape index (κ3) is 4.69. The summed E-state index contributed by atoms with van der Waals surface area (Å²) in [6, 6.07) is 9.99. The maximum atomic E-state index is 13.3. The minimum atomic E-state index is -0.323. The van der Waals surface area contributed by atoms with Gasteiger partial charge in [0.05, 0.1) is 25.6 Å². The molecule has 3 aliphatic rings. The molecule has 2 saturated heterocycles. The molecule has 0 radical (unpaired) electrons. The zero-order chi connectivity index (χ0) is 22.5. The number of aliphatic hydroxyl groups is 1. The summed E-state index contributed by atoms with van der Waals surface area (Å²) >= 11 is 0. The van der Waals surface area contributed by atoms with Gasteiger partial charge < -0.3 is 24.8 Å². The summed E-state index contributed by atoms with van der Waals surface area (Å²) in [5.41, 5.74) is 2.20. The van der Waals surface area contributed by atoms with Crippen LogP contribution in [0.5, 0.6) is 0 Å². The maximum Gasteiger partial charge on any atom is 0.290 e. The Balaban J connectivity index is 0.000000775. The topological polar surface area (TPSA) is 119 Å². The number of benzene rings is 1. The van der Waals surface area contributed by atoms with E-state index in [1.54, 1.807) is 6.33 Å². The molecule has 5 rings (SSSR count). The number of carbonyl (C=O) groups is 2. The van der Waals surface area contributed by atoms with Gasteiger partial charge in [0, 0.05) is 37.8 Å². The second-order valence-electron chi connectivity index (χ2n) is 8.58. The molecule has 2 aliphatic heterocycles. The summed E-state index contributed by atoms with van der Waals surface area (Å²) < 4.78 is 5.46. The molecule has 0 unspecified atom stereocenters. The molecule has 1 aliphatic carbocycles. The summed E-state index contributed by atoms with van der Waals surface area (Å²) in [4.78, 5) is 33.4. The monoisotopic (exact) mass is 442 g/mol. The van der Waals surface area contributed by atoms with Crippen molar-refractivity contribution in [3.63, 3.8) is 0 Å². The molecule has 3 N–H and O–H groups in total. The van der Waals surface area contributed by atoms with Gasteiger partial charge in [0.15, 0.2) is 0 Å². The van der Waals surface area contributed by atoms with E-state index in [2.05, 4.69) is 14.9 Å². The van der Waals surface area contributed by atoms with Crippen LogP contribution in [0.25, 0.3) is 11.3 Å². The number of carboxylic acid groups (broad SMARTS) is 1. The number of nitrogens with zero attached hydrogens (tertiary/aromatic N) is 3. The number of ether oxygens (including phenoxy) is 1. The Kier molecular flexibility index (Phi) is 7.19. The van der Waals surface area contributed by atoms with Crippen molar-refractivity contribution in [2.45, 2.75) is 25.0 Å². The Morgan fingerprint density at radius 1 is 1.12 bits per heavy atom. The van der Waals surface area contributed by atoms with Crippen LogP contribution >= 0.6 is 0 Å². The van der Waals surface area contributed by atoms with E-state index in [1.807, 2.05) is 35.2 Å². The van der Waals surface area contributed by atoms with Gasteiger partial charge in [0.2, 0.25) is 0 Å². The molecule has 1 aromatic carbocycles. The van der Waals surface area contributed by atoms with Gasteiger partial charge in [-0.05, 0) is 24.7 Å². The number of hydrogen-bond acceptors (Lipinski definition) is 6. The summed E-state index contributed by atoms with van der Waals surface area (Å²) in [6.45, 7) is 4.47. The third-order valence-corrected chi connectivity index (χ3v) is 6.81. The first-order valence-electron chi connectivity index (χ1n) is 11.1. The van der Waals surface area contributed by atoms with E-state index < -0.39 is 0 Å². The highest BCUT2D eigenvalue weighted by molar-refractivity contribution is 5.98. The SMILES string of the molecule is O=C(c1[nH]cnc1-c1ccccc1)N1C[C@H]2C[C@@H](N3CCOCC3)[C@H](O)C[C@H]2C1.O=CO. The van der Waals surface area contributed by atoms with Crippen LogP contribution < -0.4 is 0 Å². The van der Waals surface area contributed by atoms with Crippen molar-refractivity contribution in [1.82, 2.24) is 19.8 Å². The van der Waals surface area contributed by atoms with Crippen LogP contribution in [0, 0.1) is 11.8 Å². The first kappa shape index (κ1) is 22.4. The standard InChI is InChI=1S/C22H28N4O3.CH2O2/c27-19-11-17-13-26(12-16(17)10-18(19)25-6-8-29-9-7-25)22(28)21-20(23-14-24-21)15-4-2-1-3-5-15;2-1-3/h1-5,14,16-19,27H,6-13H2,(H,23,24);1H,(H,2,3)/t16-,17+,18-,19-;/m1./s1. The molecule has 2 aromatic rings. The number of carbonyl (C=O) groups excluding carboxylic acids is 1. The molecule has 0 bridgehead atoms. The summed E-state index contributed by atoms with van der Waals surface area (Å²) in [5.74, 6) is 0.820. The van der Waals surface area contributed by atoms with E-state index in [4.69, 9.17) is 14.6 Å². The fourth-order valence-corrected chi connectivity index (χ4v) is 5.31. The van der Waals surface area contributed by atoms with Gasteiger partial charge in [-0.15, -0.1) is 0 Å². The van der Waals surface area contributed by atoms with Crippen LogP contribution in [0.4, 0.5) is 0 Å². The number of fused-ring (bicyclic) bond motifs is 1. The van der Waals surface area contributed by atoms with Crippen LogP contribution in [-0.4, -0.2) is 93.9 Å². The lowest BCUT2D eigenvalue weighted by Gasteiger charge is -2.43. The number of aromatic nitrogens is 2. The van der Waals surface area contributed by atoms with Gasteiger partial charge >= 0.3 is 0 Å². The zero-order valence-electron chi connectivity index (χ0n) is 18.0. The Hall–Kier alpha value is -2.75. The summed E-state index contributed by atoms with van der Waals surface area (Å²) in [6.07, 6.45) is 2.99. The Bertz CT molecular complexity index is 899. The number of aromatic amines is 1. The lowest BCUT2D eigenvalue weighted by molar-refractivity contribution is -0.122. The lowest BCUT2D eigenvalue weighted by atomic mass is 9.77. The largest absolute Gasteiger partial charge is 0.483 e. The number of hydrogen-bond donors (Lipinski definition) is 3. The summed E-state index contributed by atoms with van der Waals surface area (Å²) in [7, 11) is 0. The molecule has 4 atom stereocenters. The molecular weight excluding hydrogens is 412 g/mol. The fraction of sp³-hybridized carbons (Fsp3) is 0.522. The Labute approximate surface area is 187 Å². The van der Waals surface area contributed by atoms with E-state index in [9.17, 15) is 9.90 Å². The number of amides is 1. The molecule has 1 aromatic heterocycles. The predicted octanol–water partition coefficient (Wildman–Crippen LogP) is 1.32. The van der Waals surface area contributed by atoms with E-state index in [1.165, 1.54) is 0 Å². The Morgan fingerprint density at radius 2 is 1.78 bits per heavy atom. The molecule has 3 fully saturated rings. The van der Waals surface area contributed by atoms with Crippen molar-refractivity contribution in [2.75, 3.05) is 39.4 Å². The van der Waals surface area contributed by atoms with Crippen molar-refractivity contribution in [3.05, 3.63) is 42.4 Å². The highest BCUT2D eigenvalue weighted by Gasteiger charge is 2.45. The van der Waals surface area contributed by atoms with E-state index >= 15 is 0 Å². The molecule has 3 heterocycles. The first-order chi connectivity index (χ1) is 15.6. The second kappa shape index (κ2) is 10.2. The van der Waals surface area contributed by atoms with Gasteiger partial charge in [-0.2, -0.15) is 0 Å². The normalized spacial score (nSPS) is 27.8. The average Bonchev–Trinajstić information content (AvgIpc) is 3.47. The highest BCUT2D eigenvalue weighted by Crippen LogP contribution is 2.39. The van der Waals surface area contributed by atoms with E-state index in [0.29, 0.717) is 29.8 Å². The zero-order valence-corrected chi connectivity index (χ0v) is 18.0. The Morgan fingerprint density at radius 3 is 2.47 bits per heavy atom. The van der Waals surface area contributed by atoms with Gasteiger partial charge in [-0.25, -0.2) is 4.98 Å². The van der Waals surface area contributed by atoms with E-state index in [0.717, 1.165) is 51.3 Å². The van der Waals surface area contributed by atoms with Crippen molar-refractivity contribution in [3.8, 4) is 11.3 Å². The first-order valence-corrected chi connectivity index (χ1v) is 11.1. The minimum absolute atomic E-state index is 0.00756. The molecule has 9 nitrogen and oxygen atoms in total. The minimum Gasteiger partial charge on any atom is -0.483 e. The van der Waals surface area contributed by atoms with Gasteiger partial charge in [-0.3, -0.25) is 14.5 Å². The van der Waals surface area contributed by atoms with Crippen LogP contribution in [0.3, 0.4) is 0 Å². The van der Waals surface area contributed by atoms with Gasteiger partial charge in [-0.1, -0.05) is 30.3 Å². The number of rotatable bonds is 3. The lowest BCUT2D eigenvalue weighted by Crippen LogP contribution is -2.53. The fourth-order valence-electron chi connectivity index (χ4n) is 5.31. The predicted molar refractivity (Wildman–Crippen MR) is 117 cm³/mol. The molecule has 1 amide bonds. The number of likely N-dealkylation sites (tertiary alicyclic amines) is 1. The number of morpholine rings is 1. The number of nitrogens with one attached hydrogen (secondary N) is 1. The van der Waals surface area contributed by atoms with Crippen LogP contribution in [0.1, 0.15) is 23.3 Å². The number of H-pyrrole nitrogens is 1. The third-order valence-electron chi connectivity index (χ3n) is 6.81. The smallest absolute Gasteiger partial charge is 0.290 e. The second-order valence-corrected chi connectivity index (χ2v) is 8.58. The molecular formula is C23H30N4O5. The quantitative estimate of drug-likeness (QED) is 0.614. The molecule has 1 saturated carbocycles. The van der Waals surface area contributed by atoms with Crippen molar-refractivity contribution < 1.29 is 24.5 Å². The van der Waals surface area contributed by atoms with E-state index in [-0.39, 0.29) is 24.5 Å². The molecule has 9 heteroatoms. The molecule has 172 valence electrons. The maximum absolute atomic E-state index is 13.3. The van der Waals surface area contributed by atoms with Crippen molar-refractivity contribution >= 4 is 12.4 Å². The van der Waals surface area contributed by atoms with Crippen LogP contribution in [0.2, 0.25) is 0 Å². The average molecular weight is 443 g/mol. The molecule has 0 spiro atoms. The van der Waals surface area contributed by atoms with Crippen LogP contribution in [-0.2, 0) is 9.53 Å². The van der Waals surface area contributed by atoms with Crippen molar-refractivity contribution in [2.24, 2.45) is 11.8 Å².